The van der Waals surface area contributed by atoms with E-state index in [1.54, 1.807) is 6.07 Å². The van der Waals surface area contributed by atoms with Gasteiger partial charge in [-0.05, 0) is 24.5 Å². The highest BCUT2D eigenvalue weighted by molar-refractivity contribution is 6.08. The van der Waals surface area contributed by atoms with E-state index in [0.717, 1.165) is 5.69 Å². The van der Waals surface area contributed by atoms with Gasteiger partial charge in [0.05, 0.1) is 11.9 Å². The van der Waals surface area contributed by atoms with Gasteiger partial charge in [-0.25, -0.2) is 0 Å². The molecule has 0 aliphatic carbocycles. The Kier molecular flexibility index (Phi) is 3.51. The van der Waals surface area contributed by atoms with Gasteiger partial charge in [0, 0.05) is 11.1 Å². The summed E-state index contributed by atoms with van der Waals surface area (Å²) in [5.41, 5.74) is 3.25. The van der Waals surface area contributed by atoms with Crippen LogP contribution in [0.4, 0.5) is 0 Å². The molecule has 0 saturated carbocycles. The molecule has 0 unspecified atom stereocenters. The van der Waals surface area contributed by atoms with Crippen LogP contribution in [0.5, 0.6) is 0 Å². The van der Waals surface area contributed by atoms with Crippen LogP contribution >= 0.6 is 0 Å². The quantitative estimate of drug-likeness (QED) is 0.774. The Morgan fingerprint density at radius 3 is 2.33 bits per heavy atom. The van der Waals surface area contributed by atoms with Crippen LogP contribution in [0.25, 0.3) is 0 Å². The molecule has 3 heteroatoms. The second-order valence-electron chi connectivity index (χ2n) is 4.69. The highest BCUT2D eigenvalue weighted by atomic mass is 16.1. The van der Waals surface area contributed by atoms with E-state index in [1.807, 2.05) is 31.2 Å². The number of hydrogen-bond acceptors (Lipinski definition) is 3. The molecule has 1 aromatic carbocycles. The molecule has 0 bridgehead atoms. The lowest BCUT2D eigenvalue weighted by molar-refractivity contribution is 0.103. The van der Waals surface area contributed by atoms with Crippen molar-refractivity contribution in [1.29, 1.82) is 0 Å². The molecule has 0 fully saturated rings. The van der Waals surface area contributed by atoms with Crippen molar-refractivity contribution in [1.82, 2.24) is 10.2 Å². The van der Waals surface area contributed by atoms with Gasteiger partial charge in [0.1, 0.15) is 0 Å². The van der Waals surface area contributed by atoms with Crippen LogP contribution < -0.4 is 0 Å². The first-order chi connectivity index (χ1) is 8.58. The van der Waals surface area contributed by atoms with Crippen LogP contribution in [-0.2, 0) is 0 Å². The van der Waals surface area contributed by atoms with Crippen molar-refractivity contribution >= 4 is 5.78 Å². The second-order valence-corrected chi connectivity index (χ2v) is 4.69. The summed E-state index contributed by atoms with van der Waals surface area (Å²) in [6, 6.07) is 9.49. The molecule has 0 spiro atoms. The minimum atomic E-state index is -0.0108. The molecule has 92 valence electrons. The molecule has 0 aliphatic rings. The molecule has 0 radical (unpaired) electrons. The summed E-state index contributed by atoms with van der Waals surface area (Å²) in [4.78, 5) is 12.2. The molecule has 1 heterocycles. The van der Waals surface area contributed by atoms with E-state index in [-0.39, 0.29) is 5.78 Å². The highest BCUT2D eigenvalue weighted by Gasteiger charge is 2.10. The maximum Gasteiger partial charge on any atom is 0.194 e. The van der Waals surface area contributed by atoms with Crippen LogP contribution in [0.2, 0.25) is 0 Å². The Labute approximate surface area is 107 Å². The fourth-order valence-corrected chi connectivity index (χ4v) is 1.78. The molecule has 0 aliphatic heterocycles. The van der Waals surface area contributed by atoms with Crippen LogP contribution in [0.3, 0.4) is 0 Å². The van der Waals surface area contributed by atoms with E-state index in [2.05, 4.69) is 24.0 Å². The van der Waals surface area contributed by atoms with E-state index in [9.17, 15) is 4.79 Å². The number of carbonyl (C=O) groups excluding carboxylic acids is 1. The van der Waals surface area contributed by atoms with Crippen molar-refractivity contribution < 1.29 is 4.79 Å². The fraction of sp³-hybridized carbons (Fsp3) is 0.267. The smallest absolute Gasteiger partial charge is 0.194 e. The van der Waals surface area contributed by atoms with E-state index >= 15 is 0 Å². The first kappa shape index (κ1) is 12.4. The summed E-state index contributed by atoms with van der Waals surface area (Å²) >= 11 is 0. The van der Waals surface area contributed by atoms with Gasteiger partial charge in [-0.1, -0.05) is 38.1 Å². The third-order valence-corrected chi connectivity index (χ3v) is 2.88. The van der Waals surface area contributed by atoms with Gasteiger partial charge in [0.15, 0.2) is 5.78 Å². The zero-order chi connectivity index (χ0) is 13.1. The van der Waals surface area contributed by atoms with E-state index < -0.39 is 0 Å². The van der Waals surface area contributed by atoms with E-state index in [0.29, 0.717) is 17.0 Å². The SMILES string of the molecule is Cc1cc(C(=O)c2ccc(C(C)C)cc2)cnn1. The van der Waals surface area contributed by atoms with Crippen molar-refractivity contribution in [2.24, 2.45) is 0 Å². The number of nitrogens with zero attached hydrogens (tertiary/aromatic N) is 2. The predicted octanol–water partition coefficient (Wildman–Crippen LogP) is 3.14. The Bertz CT molecular complexity index is 559. The van der Waals surface area contributed by atoms with Crippen molar-refractivity contribution in [3.8, 4) is 0 Å². The number of ketones is 1. The van der Waals surface area contributed by atoms with Gasteiger partial charge in [-0.3, -0.25) is 4.79 Å². The van der Waals surface area contributed by atoms with Gasteiger partial charge >= 0.3 is 0 Å². The van der Waals surface area contributed by atoms with Crippen molar-refractivity contribution in [2.75, 3.05) is 0 Å². The minimum absolute atomic E-state index is 0.0108. The van der Waals surface area contributed by atoms with E-state index in [1.165, 1.54) is 11.8 Å². The van der Waals surface area contributed by atoms with Crippen LogP contribution in [0.1, 0.15) is 46.9 Å². The Morgan fingerprint density at radius 2 is 1.78 bits per heavy atom. The molecule has 2 aromatic rings. The third kappa shape index (κ3) is 2.62. The number of rotatable bonds is 3. The molecule has 0 saturated heterocycles. The van der Waals surface area contributed by atoms with Crippen molar-refractivity contribution in [2.45, 2.75) is 26.7 Å². The second kappa shape index (κ2) is 5.08. The first-order valence-electron chi connectivity index (χ1n) is 6.02. The number of carbonyl (C=O) groups is 1. The maximum atomic E-state index is 12.2. The molecule has 3 nitrogen and oxygen atoms in total. The van der Waals surface area contributed by atoms with Gasteiger partial charge in [0.25, 0.3) is 0 Å². The molecule has 2 rings (SSSR count). The summed E-state index contributed by atoms with van der Waals surface area (Å²) in [6.45, 7) is 6.09. The number of benzene rings is 1. The van der Waals surface area contributed by atoms with Gasteiger partial charge in [-0.2, -0.15) is 10.2 Å². The molecule has 0 N–H and O–H groups in total. The molecule has 1 aromatic heterocycles. The fourth-order valence-electron chi connectivity index (χ4n) is 1.78. The Morgan fingerprint density at radius 1 is 1.11 bits per heavy atom. The van der Waals surface area contributed by atoms with Crippen LogP contribution in [0, 0.1) is 6.92 Å². The van der Waals surface area contributed by atoms with Crippen molar-refractivity contribution in [3.05, 3.63) is 58.9 Å². The summed E-state index contributed by atoms with van der Waals surface area (Å²) in [5, 5.41) is 7.66. The standard InChI is InChI=1S/C15H16N2O/c1-10(2)12-4-6-13(7-5-12)15(18)14-8-11(3)17-16-9-14/h4-10H,1-3H3. The minimum Gasteiger partial charge on any atom is -0.289 e. The molecule has 0 atom stereocenters. The monoisotopic (exact) mass is 240 g/mol. The number of aryl methyl sites for hydroxylation is 1. The normalized spacial score (nSPS) is 10.7. The van der Waals surface area contributed by atoms with Crippen LogP contribution in [0.15, 0.2) is 36.5 Å². The van der Waals surface area contributed by atoms with Crippen LogP contribution in [-0.4, -0.2) is 16.0 Å². The zero-order valence-corrected chi connectivity index (χ0v) is 10.8. The molecule has 18 heavy (non-hydrogen) atoms. The number of hydrogen-bond donors (Lipinski definition) is 0. The van der Waals surface area contributed by atoms with Crippen molar-refractivity contribution in [3.63, 3.8) is 0 Å². The lowest BCUT2D eigenvalue weighted by atomic mass is 9.99. The largest absolute Gasteiger partial charge is 0.289 e. The topological polar surface area (TPSA) is 42.9 Å². The zero-order valence-electron chi connectivity index (χ0n) is 10.8. The van der Waals surface area contributed by atoms with Gasteiger partial charge in [0.2, 0.25) is 0 Å². The molecular formula is C15H16N2O. The summed E-state index contributed by atoms with van der Waals surface area (Å²) in [5.74, 6) is 0.460. The third-order valence-electron chi connectivity index (χ3n) is 2.88. The maximum absolute atomic E-state index is 12.2. The molecular weight excluding hydrogens is 224 g/mol. The molecule has 0 amide bonds. The highest BCUT2D eigenvalue weighted by Crippen LogP contribution is 2.16. The average molecular weight is 240 g/mol. The lowest BCUT2D eigenvalue weighted by Crippen LogP contribution is -2.03. The summed E-state index contributed by atoms with van der Waals surface area (Å²) in [6.07, 6.45) is 1.51. The van der Waals surface area contributed by atoms with Gasteiger partial charge in [-0.15, -0.1) is 0 Å². The predicted molar refractivity (Wildman–Crippen MR) is 70.7 cm³/mol. The Hall–Kier alpha value is -2.03. The lowest BCUT2D eigenvalue weighted by Gasteiger charge is -2.06. The van der Waals surface area contributed by atoms with Gasteiger partial charge < -0.3 is 0 Å². The number of aromatic nitrogens is 2. The average Bonchev–Trinajstić information content (AvgIpc) is 2.38. The first-order valence-corrected chi connectivity index (χ1v) is 6.02. The summed E-state index contributed by atoms with van der Waals surface area (Å²) in [7, 11) is 0. The van der Waals surface area contributed by atoms with E-state index in [4.69, 9.17) is 0 Å². The Balaban J connectivity index is 2.29. The summed E-state index contributed by atoms with van der Waals surface area (Å²) < 4.78 is 0.